The Morgan fingerprint density at radius 2 is 1.90 bits per heavy atom. The Balaban J connectivity index is 1.77. The third kappa shape index (κ3) is 7.26. The standard InChI is InChI=1S/C19H25N5O5/c1-19(2,3)29-18(26)22-10-15-23-14(11-28-15)17(25)21-9-8-12-4-6-13(7-5-12)16(20)24-27/h4-7,11,27H,8-10H2,1-3H3,(H2,20,24)(H,21,25)(H,22,26). The maximum atomic E-state index is 12.1. The Kier molecular flexibility index (Phi) is 7.32. The van der Waals surface area contributed by atoms with Gasteiger partial charge in [-0.05, 0) is 32.8 Å². The minimum absolute atomic E-state index is 0.00620. The van der Waals surface area contributed by atoms with Crippen molar-refractivity contribution in [2.75, 3.05) is 6.54 Å². The van der Waals surface area contributed by atoms with Gasteiger partial charge in [0.1, 0.15) is 17.7 Å². The SMILES string of the molecule is CC(C)(C)OC(=O)NCc1nc(C(=O)NCCc2ccc(C(=N)NO)cc2)co1. The van der Waals surface area contributed by atoms with E-state index in [1.54, 1.807) is 38.4 Å². The van der Waals surface area contributed by atoms with Crippen molar-refractivity contribution < 1.29 is 24.0 Å². The van der Waals surface area contributed by atoms with Gasteiger partial charge in [0, 0.05) is 12.1 Å². The van der Waals surface area contributed by atoms with Crippen molar-refractivity contribution >= 4 is 17.8 Å². The summed E-state index contributed by atoms with van der Waals surface area (Å²) < 4.78 is 10.3. The number of rotatable bonds is 7. The lowest BCUT2D eigenvalue weighted by Crippen LogP contribution is -2.32. The molecular weight excluding hydrogens is 378 g/mol. The number of nitrogens with one attached hydrogen (secondary N) is 4. The number of amides is 2. The Hall–Kier alpha value is -3.40. The lowest BCUT2D eigenvalue weighted by molar-refractivity contribution is 0.0518. The lowest BCUT2D eigenvalue weighted by atomic mass is 10.1. The third-order valence-corrected chi connectivity index (χ3v) is 3.62. The second-order valence-electron chi connectivity index (χ2n) is 7.17. The molecule has 0 aliphatic rings. The number of hydrogen-bond acceptors (Lipinski definition) is 7. The van der Waals surface area contributed by atoms with Crippen LogP contribution in [0.4, 0.5) is 4.79 Å². The van der Waals surface area contributed by atoms with E-state index in [2.05, 4.69) is 15.6 Å². The number of aromatic nitrogens is 1. The van der Waals surface area contributed by atoms with Gasteiger partial charge in [-0.15, -0.1) is 0 Å². The van der Waals surface area contributed by atoms with Crippen molar-refractivity contribution in [2.45, 2.75) is 39.3 Å². The fourth-order valence-electron chi connectivity index (χ4n) is 2.27. The number of carbonyl (C=O) groups excluding carboxylic acids is 2. The first-order valence-electron chi connectivity index (χ1n) is 8.95. The van der Waals surface area contributed by atoms with Crippen molar-refractivity contribution in [1.29, 1.82) is 5.41 Å². The molecule has 0 unspecified atom stereocenters. The van der Waals surface area contributed by atoms with E-state index in [1.165, 1.54) is 6.26 Å². The second-order valence-corrected chi connectivity index (χ2v) is 7.17. The van der Waals surface area contributed by atoms with Crippen molar-refractivity contribution in [2.24, 2.45) is 0 Å². The summed E-state index contributed by atoms with van der Waals surface area (Å²) in [6.07, 6.45) is 1.21. The fraction of sp³-hybridized carbons (Fsp3) is 0.368. The summed E-state index contributed by atoms with van der Waals surface area (Å²) in [5.74, 6) is -0.287. The molecule has 0 aliphatic heterocycles. The lowest BCUT2D eigenvalue weighted by Gasteiger charge is -2.19. The van der Waals surface area contributed by atoms with Crippen LogP contribution < -0.4 is 16.1 Å². The van der Waals surface area contributed by atoms with Gasteiger partial charge in [0.05, 0.1) is 6.54 Å². The third-order valence-electron chi connectivity index (χ3n) is 3.62. The van der Waals surface area contributed by atoms with Crippen molar-refractivity contribution in [3.63, 3.8) is 0 Å². The van der Waals surface area contributed by atoms with Crippen LogP contribution in [-0.4, -0.2) is 40.2 Å². The molecule has 2 aromatic rings. The number of hydroxylamine groups is 1. The second kappa shape index (κ2) is 9.69. The summed E-state index contributed by atoms with van der Waals surface area (Å²) in [5, 5.41) is 21.4. The Morgan fingerprint density at radius 3 is 2.52 bits per heavy atom. The summed E-state index contributed by atoms with van der Waals surface area (Å²) >= 11 is 0. The molecule has 0 fully saturated rings. The highest BCUT2D eigenvalue weighted by Crippen LogP contribution is 2.08. The van der Waals surface area contributed by atoms with E-state index in [0.29, 0.717) is 18.5 Å². The molecular formula is C19H25N5O5. The predicted octanol–water partition coefficient (Wildman–Crippen LogP) is 1.98. The first-order valence-corrected chi connectivity index (χ1v) is 8.95. The van der Waals surface area contributed by atoms with Gasteiger partial charge >= 0.3 is 6.09 Å². The highest BCUT2D eigenvalue weighted by Gasteiger charge is 2.17. The van der Waals surface area contributed by atoms with Crippen LogP contribution in [0.15, 0.2) is 34.9 Å². The largest absolute Gasteiger partial charge is 0.446 e. The molecule has 1 aromatic carbocycles. The number of hydrogen-bond donors (Lipinski definition) is 5. The number of amidine groups is 1. The number of ether oxygens (including phenoxy) is 1. The molecule has 29 heavy (non-hydrogen) atoms. The van der Waals surface area contributed by atoms with Gasteiger partial charge in [-0.3, -0.25) is 20.9 Å². The summed E-state index contributed by atoms with van der Waals surface area (Å²) in [7, 11) is 0. The minimum Gasteiger partial charge on any atom is -0.446 e. The van der Waals surface area contributed by atoms with E-state index in [4.69, 9.17) is 19.8 Å². The molecule has 2 rings (SSSR count). The average Bonchev–Trinajstić information content (AvgIpc) is 3.14. The van der Waals surface area contributed by atoms with E-state index < -0.39 is 11.7 Å². The van der Waals surface area contributed by atoms with Gasteiger partial charge in [0.15, 0.2) is 5.69 Å². The van der Waals surface area contributed by atoms with Crippen LogP contribution in [0.5, 0.6) is 0 Å². The zero-order valence-corrected chi connectivity index (χ0v) is 16.5. The molecule has 1 heterocycles. The monoisotopic (exact) mass is 403 g/mol. The normalized spacial score (nSPS) is 10.9. The maximum Gasteiger partial charge on any atom is 0.408 e. The van der Waals surface area contributed by atoms with Crippen molar-refractivity contribution in [3.05, 3.63) is 53.2 Å². The van der Waals surface area contributed by atoms with Gasteiger partial charge in [0.2, 0.25) is 5.89 Å². The molecule has 2 amide bonds. The topological polar surface area (TPSA) is 150 Å². The Morgan fingerprint density at radius 1 is 1.21 bits per heavy atom. The Bertz CT molecular complexity index is 855. The quantitative estimate of drug-likeness (QED) is 0.269. The van der Waals surface area contributed by atoms with Gasteiger partial charge in [0.25, 0.3) is 5.91 Å². The number of nitrogens with zero attached hydrogens (tertiary/aromatic N) is 1. The molecule has 0 radical (unpaired) electrons. The molecule has 0 atom stereocenters. The smallest absolute Gasteiger partial charge is 0.408 e. The molecule has 156 valence electrons. The van der Waals surface area contributed by atoms with Gasteiger partial charge < -0.3 is 19.8 Å². The fourth-order valence-corrected chi connectivity index (χ4v) is 2.27. The van der Waals surface area contributed by atoms with Crippen LogP contribution in [0.25, 0.3) is 0 Å². The number of alkyl carbamates (subject to hydrolysis) is 1. The molecule has 0 aliphatic carbocycles. The van der Waals surface area contributed by atoms with E-state index in [-0.39, 0.29) is 29.9 Å². The van der Waals surface area contributed by atoms with E-state index >= 15 is 0 Å². The van der Waals surface area contributed by atoms with Crippen LogP contribution in [0.2, 0.25) is 0 Å². The summed E-state index contributed by atoms with van der Waals surface area (Å²) in [6, 6.07) is 7.02. The molecule has 0 bridgehead atoms. The number of oxazole rings is 1. The summed E-state index contributed by atoms with van der Waals surface area (Å²) in [6.45, 7) is 5.66. The number of benzene rings is 1. The Labute approximate surface area is 168 Å². The maximum absolute atomic E-state index is 12.1. The molecule has 10 nitrogen and oxygen atoms in total. The van der Waals surface area contributed by atoms with Crippen LogP contribution in [0, 0.1) is 5.41 Å². The van der Waals surface area contributed by atoms with Crippen molar-refractivity contribution in [3.8, 4) is 0 Å². The number of carbonyl (C=O) groups is 2. The van der Waals surface area contributed by atoms with Crippen LogP contribution in [0.3, 0.4) is 0 Å². The molecule has 1 aromatic heterocycles. The first kappa shape index (κ1) is 21.9. The van der Waals surface area contributed by atoms with Crippen LogP contribution in [0.1, 0.15) is 48.3 Å². The highest BCUT2D eigenvalue weighted by atomic mass is 16.6. The van der Waals surface area contributed by atoms with E-state index in [0.717, 1.165) is 5.56 Å². The molecule has 0 spiro atoms. The average molecular weight is 403 g/mol. The zero-order chi connectivity index (χ0) is 21.4. The minimum atomic E-state index is -0.608. The van der Waals surface area contributed by atoms with E-state index in [9.17, 15) is 9.59 Å². The predicted molar refractivity (Wildman–Crippen MR) is 104 cm³/mol. The molecule has 0 saturated carbocycles. The first-order chi connectivity index (χ1) is 13.7. The van der Waals surface area contributed by atoms with Gasteiger partial charge in [-0.1, -0.05) is 24.3 Å². The zero-order valence-electron chi connectivity index (χ0n) is 16.5. The van der Waals surface area contributed by atoms with Crippen LogP contribution >= 0.6 is 0 Å². The van der Waals surface area contributed by atoms with Gasteiger partial charge in [-0.2, -0.15) is 0 Å². The molecule has 10 heteroatoms. The van der Waals surface area contributed by atoms with Crippen molar-refractivity contribution in [1.82, 2.24) is 21.1 Å². The van der Waals surface area contributed by atoms with Crippen LogP contribution in [-0.2, 0) is 17.7 Å². The molecule has 0 saturated heterocycles. The van der Waals surface area contributed by atoms with Gasteiger partial charge in [-0.25, -0.2) is 9.78 Å². The highest BCUT2D eigenvalue weighted by molar-refractivity contribution is 5.95. The van der Waals surface area contributed by atoms with E-state index in [1.807, 2.05) is 12.1 Å². The summed E-state index contributed by atoms with van der Waals surface area (Å²) in [5.41, 5.74) is 2.80. The molecule has 5 N–H and O–H groups in total. The summed E-state index contributed by atoms with van der Waals surface area (Å²) in [4.78, 5) is 27.8.